The van der Waals surface area contributed by atoms with Crippen LogP contribution in [0.1, 0.15) is 36.3 Å². The van der Waals surface area contributed by atoms with Crippen LogP contribution >= 0.6 is 0 Å². The summed E-state index contributed by atoms with van der Waals surface area (Å²) in [5.41, 5.74) is 3.32. The lowest BCUT2D eigenvalue weighted by Gasteiger charge is -2.15. The molecular formula is C23H25N3O3. The van der Waals surface area contributed by atoms with Crippen LogP contribution in [0, 0.1) is 6.92 Å². The lowest BCUT2D eigenvalue weighted by molar-refractivity contribution is -0.127. The van der Waals surface area contributed by atoms with Gasteiger partial charge in [-0.3, -0.25) is 4.79 Å². The zero-order valence-electron chi connectivity index (χ0n) is 16.8. The van der Waals surface area contributed by atoms with Gasteiger partial charge in [0.05, 0.1) is 12.5 Å². The first-order valence-electron chi connectivity index (χ1n) is 10.0. The molecular weight excluding hydrogens is 366 g/mol. The monoisotopic (exact) mass is 391 g/mol. The summed E-state index contributed by atoms with van der Waals surface area (Å²) in [5, 5.41) is 4.11. The number of carbonyl (C=O) groups is 1. The Labute approximate surface area is 170 Å². The van der Waals surface area contributed by atoms with Crippen molar-refractivity contribution in [2.45, 2.75) is 32.6 Å². The SMILES string of the molecule is CCOc1cccc(-c2noc(C3CC(=O)N(CCc4ccc(C)cc4)C3)n2)c1. The molecule has 3 aromatic rings. The maximum absolute atomic E-state index is 12.4. The minimum Gasteiger partial charge on any atom is -0.494 e. The second-order valence-electron chi connectivity index (χ2n) is 7.39. The Kier molecular flexibility index (Phi) is 5.60. The van der Waals surface area contributed by atoms with Gasteiger partial charge in [-0.1, -0.05) is 47.1 Å². The number of benzene rings is 2. The molecule has 0 saturated carbocycles. The van der Waals surface area contributed by atoms with Crippen LogP contribution in [0.25, 0.3) is 11.4 Å². The van der Waals surface area contributed by atoms with Crippen molar-refractivity contribution in [3.63, 3.8) is 0 Å². The largest absolute Gasteiger partial charge is 0.494 e. The summed E-state index contributed by atoms with van der Waals surface area (Å²) in [7, 11) is 0. The van der Waals surface area contributed by atoms with Crippen LogP contribution in [0.5, 0.6) is 5.75 Å². The summed E-state index contributed by atoms with van der Waals surface area (Å²) in [6.07, 6.45) is 1.26. The molecule has 29 heavy (non-hydrogen) atoms. The van der Waals surface area contributed by atoms with Crippen molar-refractivity contribution < 1.29 is 14.1 Å². The highest BCUT2D eigenvalue weighted by molar-refractivity contribution is 5.79. The fraction of sp³-hybridized carbons (Fsp3) is 0.348. The van der Waals surface area contributed by atoms with E-state index in [4.69, 9.17) is 9.26 Å². The summed E-state index contributed by atoms with van der Waals surface area (Å²) < 4.78 is 11.0. The molecule has 0 N–H and O–H groups in total. The third kappa shape index (κ3) is 4.47. The van der Waals surface area contributed by atoms with E-state index in [9.17, 15) is 4.79 Å². The molecule has 1 aromatic heterocycles. The number of nitrogens with zero attached hydrogens (tertiary/aromatic N) is 3. The van der Waals surface area contributed by atoms with Crippen LogP contribution in [0.15, 0.2) is 53.1 Å². The lowest BCUT2D eigenvalue weighted by atomic mass is 10.1. The van der Waals surface area contributed by atoms with Crippen molar-refractivity contribution in [1.82, 2.24) is 15.0 Å². The standard InChI is InChI=1S/C23H25N3O3/c1-3-28-20-6-4-5-18(13-20)22-24-23(29-25-22)19-14-21(27)26(15-19)12-11-17-9-7-16(2)8-10-17/h4-10,13,19H,3,11-12,14-15H2,1-2H3. The summed E-state index contributed by atoms with van der Waals surface area (Å²) in [5.74, 6) is 1.90. The second-order valence-corrected chi connectivity index (χ2v) is 7.39. The highest BCUT2D eigenvalue weighted by Gasteiger charge is 2.34. The number of aryl methyl sites for hydroxylation is 1. The van der Waals surface area contributed by atoms with E-state index in [1.165, 1.54) is 11.1 Å². The van der Waals surface area contributed by atoms with Gasteiger partial charge in [-0.15, -0.1) is 0 Å². The number of rotatable bonds is 7. The van der Waals surface area contributed by atoms with Gasteiger partial charge in [0.1, 0.15) is 5.75 Å². The Morgan fingerprint density at radius 3 is 2.83 bits per heavy atom. The fourth-order valence-corrected chi connectivity index (χ4v) is 3.58. The number of amides is 1. The van der Waals surface area contributed by atoms with Gasteiger partial charge in [-0.25, -0.2) is 0 Å². The number of hydrogen-bond acceptors (Lipinski definition) is 5. The molecule has 0 radical (unpaired) electrons. The minimum absolute atomic E-state index is 0.0585. The summed E-state index contributed by atoms with van der Waals surface area (Å²) >= 11 is 0. The Morgan fingerprint density at radius 1 is 1.21 bits per heavy atom. The molecule has 1 amide bonds. The van der Waals surface area contributed by atoms with Crippen molar-refractivity contribution in [2.75, 3.05) is 19.7 Å². The smallest absolute Gasteiger partial charge is 0.232 e. The van der Waals surface area contributed by atoms with Gasteiger partial charge in [0.15, 0.2) is 0 Å². The van der Waals surface area contributed by atoms with E-state index in [-0.39, 0.29) is 11.8 Å². The van der Waals surface area contributed by atoms with Gasteiger partial charge >= 0.3 is 0 Å². The maximum Gasteiger partial charge on any atom is 0.232 e. The first-order valence-corrected chi connectivity index (χ1v) is 10.0. The summed E-state index contributed by atoms with van der Waals surface area (Å²) in [4.78, 5) is 18.9. The van der Waals surface area contributed by atoms with Crippen LogP contribution in [-0.2, 0) is 11.2 Å². The van der Waals surface area contributed by atoms with E-state index in [1.54, 1.807) is 0 Å². The number of likely N-dealkylation sites (tertiary alicyclic amines) is 1. The van der Waals surface area contributed by atoms with E-state index < -0.39 is 0 Å². The predicted octanol–water partition coefficient (Wildman–Crippen LogP) is 4.00. The van der Waals surface area contributed by atoms with Gasteiger partial charge < -0.3 is 14.2 Å². The van der Waals surface area contributed by atoms with Crippen molar-refractivity contribution in [2.24, 2.45) is 0 Å². The predicted molar refractivity (Wildman–Crippen MR) is 110 cm³/mol. The Morgan fingerprint density at radius 2 is 2.03 bits per heavy atom. The van der Waals surface area contributed by atoms with Gasteiger partial charge in [0, 0.05) is 25.1 Å². The molecule has 1 saturated heterocycles. The molecule has 150 valence electrons. The van der Waals surface area contributed by atoms with Gasteiger partial charge in [0.25, 0.3) is 0 Å². The van der Waals surface area contributed by atoms with Crippen LogP contribution in [0.3, 0.4) is 0 Å². The first-order chi connectivity index (χ1) is 14.1. The molecule has 2 aromatic carbocycles. The van der Waals surface area contributed by atoms with Crippen molar-refractivity contribution in [1.29, 1.82) is 0 Å². The molecule has 4 rings (SSSR count). The highest BCUT2D eigenvalue weighted by atomic mass is 16.5. The van der Waals surface area contributed by atoms with Crippen molar-refractivity contribution in [3.05, 3.63) is 65.5 Å². The summed E-state index contributed by atoms with van der Waals surface area (Å²) in [6.45, 7) is 5.94. The van der Waals surface area contributed by atoms with Gasteiger partial charge in [-0.2, -0.15) is 4.98 Å². The number of aromatic nitrogens is 2. The minimum atomic E-state index is -0.0585. The third-order valence-electron chi connectivity index (χ3n) is 5.20. The zero-order valence-corrected chi connectivity index (χ0v) is 16.8. The molecule has 1 atom stereocenters. The van der Waals surface area contributed by atoms with Crippen molar-refractivity contribution in [3.8, 4) is 17.1 Å². The molecule has 0 bridgehead atoms. The molecule has 1 aliphatic heterocycles. The zero-order chi connectivity index (χ0) is 20.2. The quantitative estimate of drug-likeness (QED) is 0.609. The number of hydrogen-bond donors (Lipinski definition) is 0. The highest BCUT2D eigenvalue weighted by Crippen LogP contribution is 2.29. The Balaban J connectivity index is 1.40. The van der Waals surface area contributed by atoms with E-state index in [0.717, 1.165) is 17.7 Å². The van der Waals surface area contributed by atoms with Gasteiger partial charge in [-0.05, 0) is 38.0 Å². The average Bonchev–Trinajstić information content (AvgIpc) is 3.35. The third-order valence-corrected chi connectivity index (χ3v) is 5.20. The number of carbonyl (C=O) groups excluding carboxylic acids is 1. The Hall–Kier alpha value is -3.15. The Bertz CT molecular complexity index is 981. The van der Waals surface area contributed by atoms with Crippen LogP contribution in [0.2, 0.25) is 0 Å². The van der Waals surface area contributed by atoms with Crippen molar-refractivity contribution >= 4 is 5.91 Å². The summed E-state index contributed by atoms with van der Waals surface area (Å²) in [6, 6.07) is 16.1. The fourth-order valence-electron chi connectivity index (χ4n) is 3.58. The van der Waals surface area contributed by atoms with Crippen LogP contribution in [0.4, 0.5) is 0 Å². The molecule has 6 nitrogen and oxygen atoms in total. The molecule has 2 heterocycles. The van der Waals surface area contributed by atoms with Crippen LogP contribution in [-0.4, -0.2) is 40.6 Å². The molecule has 0 spiro atoms. The lowest BCUT2D eigenvalue weighted by Crippen LogP contribution is -2.27. The first kappa shape index (κ1) is 19.2. The van der Waals surface area contributed by atoms with Crippen LogP contribution < -0.4 is 4.74 Å². The molecule has 6 heteroatoms. The molecule has 0 aliphatic carbocycles. The van der Waals surface area contributed by atoms with E-state index in [2.05, 4.69) is 41.3 Å². The molecule has 1 fully saturated rings. The molecule has 1 aliphatic rings. The maximum atomic E-state index is 12.4. The van der Waals surface area contributed by atoms with E-state index in [1.807, 2.05) is 36.1 Å². The second kappa shape index (κ2) is 8.47. The topological polar surface area (TPSA) is 68.5 Å². The molecule has 1 unspecified atom stereocenters. The average molecular weight is 391 g/mol. The number of ether oxygens (including phenoxy) is 1. The van der Waals surface area contributed by atoms with Gasteiger partial charge in [0.2, 0.25) is 17.6 Å². The van der Waals surface area contributed by atoms with E-state index in [0.29, 0.717) is 37.8 Å². The normalized spacial score (nSPS) is 16.4. The van der Waals surface area contributed by atoms with E-state index >= 15 is 0 Å².